The SMILES string of the molecule is COC(=O)C=Cc1ccc(F)c(C(=O)O)c1F. The minimum atomic E-state index is -1.71. The fourth-order valence-corrected chi connectivity index (χ4v) is 1.12. The summed E-state index contributed by atoms with van der Waals surface area (Å²) in [6, 6.07) is 1.83. The highest BCUT2D eigenvalue weighted by atomic mass is 19.1. The highest BCUT2D eigenvalue weighted by molar-refractivity contribution is 5.90. The molecule has 0 saturated heterocycles. The second-order valence-corrected chi connectivity index (χ2v) is 2.99. The van der Waals surface area contributed by atoms with E-state index in [0.29, 0.717) is 0 Å². The molecule has 17 heavy (non-hydrogen) atoms. The Labute approximate surface area is 95.1 Å². The van der Waals surface area contributed by atoms with Crippen molar-refractivity contribution in [1.82, 2.24) is 0 Å². The van der Waals surface area contributed by atoms with Gasteiger partial charge in [0.15, 0.2) is 0 Å². The molecule has 0 fully saturated rings. The Bertz CT molecular complexity index is 494. The van der Waals surface area contributed by atoms with Crippen molar-refractivity contribution in [2.24, 2.45) is 0 Å². The molecule has 0 amide bonds. The average Bonchev–Trinajstić information content (AvgIpc) is 2.27. The van der Waals surface area contributed by atoms with Gasteiger partial charge in [-0.2, -0.15) is 0 Å². The van der Waals surface area contributed by atoms with Crippen molar-refractivity contribution < 1.29 is 28.2 Å². The molecular formula is C11H8F2O4. The Morgan fingerprint density at radius 3 is 2.53 bits per heavy atom. The number of carboxylic acids is 1. The molecule has 0 radical (unpaired) electrons. The number of hydrogen-bond acceptors (Lipinski definition) is 3. The number of hydrogen-bond donors (Lipinski definition) is 1. The lowest BCUT2D eigenvalue weighted by Gasteiger charge is -2.02. The largest absolute Gasteiger partial charge is 0.477 e. The zero-order valence-corrected chi connectivity index (χ0v) is 8.74. The molecule has 0 heterocycles. The van der Waals surface area contributed by atoms with Crippen LogP contribution in [0.1, 0.15) is 15.9 Å². The van der Waals surface area contributed by atoms with E-state index in [2.05, 4.69) is 4.74 Å². The molecule has 0 aliphatic carbocycles. The minimum Gasteiger partial charge on any atom is -0.477 e. The van der Waals surface area contributed by atoms with Crippen molar-refractivity contribution in [3.05, 3.63) is 41.0 Å². The molecule has 0 spiro atoms. The fourth-order valence-electron chi connectivity index (χ4n) is 1.12. The Kier molecular flexibility index (Phi) is 3.92. The Morgan fingerprint density at radius 1 is 1.35 bits per heavy atom. The summed E-state index contributed by atoms with van der Waals surface area (Å²) in [5, 5.41) is 8.60. The van der Waals surface area contributed by atoms with E-state index in [1.165, 1.54) is 0 Å². The van der Waals surface area contributed by atoms with Crippen molar-refractivity contribution >= 4 is 18.0 Å². The van der Waals surface area contributed by atoms with E-state index in [1.807, 2.05) is 0 Å². The van der Waals surface area contributed by atoms with Crippen LogP contribution in [-0.2, 0) is 9.53 Å². The van der Waals surface area contributed by atoms with Crippen LogP contribution in [0.25, 0.3) is 6.08 Å². The van der Waals surface area contributed by atoms with Crippen LogP contribution >= 0.6 is 0 Å². The summed E-state index contributed by atoms with van der Waals surface area (Å²) < 4.78 is 30.8. The Hall–Kier alpha value is -2.24. The summed E-state index contributed by atoms with van der Waals surface area (Å²) in [6.07, 6.45) is 1.91. The van der Waals surface area contributed by atoms with Gasteiger partial charge in [0.1, 0.15) is 17.2 Å². The first-order valence-electron chi connectivity index (χ1n) is 4.44. The predicted octanol–water partition coefficient (Wildman–Crippen LogP) is 1.85. The van der Waals surface area contributed by atoms with Gasteiger partial charge in [0, 0.05) is 11.6 Å². The first-order chi connectivity index (χ1) is 7.97. The van der Waals surface area contributed by atoms with Crippen molar-refractivity contribution in [2.45, 2.75) is 0 Å². The Balaban J connectivity index is 3.20. The zero-order valence-electron chi connectivity index (χ0n) is 8.74. The zero-order chi connectivity index (χ0) is 13.0. The quantitative estimate of drug-likeness (QED) is 0.649. The second kappa shape index (κ2) is 5.20. The third-order valence-electron chi connectivity index (χ3n) is 1.94. The summed E-state index contributed by atoms with van der Waals surface area (Å²) in [4.78, 5) is 21.4. The van der Waals surface area contributed by atoms with Crippen LogP contribution in [0, 0.1) is 11.6 Å². The highest BCUT2D eigenvalue weighted by Crippen LogP contribution is 2.18. The van der Waals surface area contributed by atoms with E-state index < -0.39 is 29.1 Å². The van der Waals surface area contributed by atoms with Gasteiger partial charge in [0.05, 0.1) is 7.11 Å². The highest BCUT2D eigenvalue weighted by Gasteiger charge is 2.18. The first-order valence-corrected chi connectivity index (χ1v) is 4.44. The molecule has 6 heteroatoms. The Morgan fingerprint density at radius 2 is 2.00 bits per heavy atom. The average molecular weight is 242 g/mol. The fraction of sp³-hybridized carbons (Fsp3) is 0.0909. The predicted molar refractivity (Wildman–Crippen MR) is 54.4 cm³/mol. The van der Waals surface area contributed by atoms with Crippen LogP contribution in [-0.4, -0.2) is 24.2 Å². The van der Waals surface area contributed by atoms with Gasteiger partial charge in [-0.1, -0.05) is 0 Å². The van der Waals surface area contributed by atoms with Crippen molar-refractivity contribution in [3.8, 4) is 0 Å². The standard InChI is InChI=1S/C11H8F2O4/c1-17-8(14)5-3-6-2-4-7(12)9(10(6)13)11(15)16/h2-5H,1H3,(H,15,16). The molecule has 0 aliphatic rings. The van der Waals surface area contributed by atoms with Gasteiger partial charge in [0.25, 0.3) is 0 Å². The number of carboxylic acid groups (broad SMARTS) is 1. The van der Waals surface area contributed by atoms with Crippen LogP contribution < -0.4 is 0 Å². The molecule has 0 bridgehead atoms. The lowest BCUT2D eigenvalue weighted by molar-refractivity contribution is -0.134. The number of ether oxygens (including phenoxy) is 1. The van der Waals surface area contributed by atoms with Crippen LogP contribution in [0.2, 0.25) is 0 Å². The lowest BCUT2D eigenvalue weighted by atomic mass is 10.1. The van der Waals surface area contributed by atoms with Gasteiger partial charge in [0.2, 0.25) is 0 Å². The van der Waals surface area contributed by atoms with E-state index in [0.717, 1.165) is 31.4 Å². The molecule has 0 atom stereocenters. The van der Waals surface area contributed by atoms with Crippen LogP contribution in [0.5, 0.6) is 0 Å². The number of halogens is 2. The van der Waals surface area contributed by atoms with Gasteiger partial charge in [-0.15, -0.1) is 0 Å². The number of carbonyl (C=O) groups excluding carboxylic acids is 1. The van der Waals surface area contributed by atoms with Gasteiger partial charge in [-0.25, -0.2) is 18.4 Å². The van der Waals surface area contributed by atoms with E-state index in [-0.39, 0.29) is 5.56 Å². The van der Waals surface area contributed by atoms with Gasteiger partial charge in [-0.05, 0) is 18.2 Å². The summed E-state index contributed by atoms with van der Waals surface area (Å²) >= 11 is 0. The first kappa shape index (κ1) is 12.8. The number of aromatic carboxylic acids is 1. The molecule has 0 saturated carbocycles. The molecule has 90 valence electrons. The van der Waals surface area contributed by atoms with Crippen molar-refractivity contribution in [1.29, 1.82) is 0 Å². The number of carbonyl (C=O) groups is 2. The van der Waals surface area contributed by atoms with Gasteiger partial charge >= 0.3 is 11.9 Å². The van der Waals surface area contributed by atoms with Gasteiger partial charge < -0.3 is 9.84 Å². The van der Waals surface area contributed by atoms with E-state index in [9.17, 15) is 18.4 Å². The van der Waals surface area contributed by atoms with E-state index >= 15 is 0 Å². The summed E-state index contributed by atoms with van der Waals surface area (Å²) in [7, 11) is 1.14. The maximum atomic E-state index is 13.5. The van der Waals surface area contributed by atoms with Crippen molar-refractivity contribution in [2.75, 3.05) is 7.11 Å². The molecule has 1 N–H and O–H groups in total. The lowest BCUT2D eigenvalue weighted by Crippen LogP contribution is -2.06. The molecule has 0 unspecified atom stereocenters. The molecular weight excluding hydrogens is 234 g/mol. The second-order valence-electron chi connectivity index (χ2n) is 2.99. The molecule has 1 rings (SSSR count). The van der Waals surface area contributed by atoms with E-state index in [1.54, 1.807) is 0 Å². The smallest absolute Gasteiger partial charge is 0.341 e. The maximum Gasteiger partial charge on any atom is 0.341 e. The monoisotopic (exact) mass is 242 g/mol. The minimum absolute atomic E-state index is 0.214. The number of rotatable bonds is 3. The summed E-state index contributed by atoms with van der Waals surface area (Å²) in [5.74, 6) is -4.86. The van der Waals surface area contributed by atoms with Gasteiger partial charge in [-0.3, -0.25) is 0 Å². The van der Waals surface area contributed by atoms with Crippen LogP contribution in [0.3, 0.4) is 0 Å². The topological polar surface area (TPSA) is 63.6 Å². The number of esters is 1. The van der Waals surface area contributed by atoms with E-state index in [4.69, 9.17) is 5.11 Å². The third-order valence-corrected chi connectivity index (χ3v) is 1.94. The normalized spacial score (nSPS) is 10.5. The molecule has 0 aromatic heterocycles. The maximum absolute atomic E-state index is 13.5. The van der Waals surface area contributed by atoms with Crippen molar-refractivity contribution in [3.63, 3.8) is 0 Å². The van der Waals surface area contributed by atoms with Crippen LogP contribution in [0.4, 0.5) is 8.78 Å². The molecule has 0 aliphatic heterocycles. The molecule has 1 aromatic rings. The summed E-state index contributed by atoms with van der Waals surface area (Å²) in [5.41, 5.74) is -1.27. The third kappa shape index (κ3) is 2.87. The number of methoxy groups -OCH3 is 1. The number of benzene rings is 1. The molecule has 1 aromatic carbocycles. The molecule has 4 nitrogen and oxygen atoms in total. The van der Waals surface area contributed by atoms with Crippen LogP contribution in [0.15, 0.2) is 18.2 Å². The summed E-state index contributed by atoms with van der Waals surface area (Å²) in [6.45, 7) is 0.